The first kappa shape index (κ1) is 12.6. The molecule has 1 heterocycles. The fourth-order valence-corrected chi connectivity index (χ4v) is 1.73. The molecule has 0 bridgehead atoms. The maximum Gasteiger partial charge on any atom is 0.410 e. The average molecular weight is 226 g/mol. The molecule has 1 fully saturated rings. The number of carbonyl (C=O) groups is 1. The van der Waals surface area contributed by atoms with E-state index in [2.05, 4.69) is 10.0 Å². The molecule has 0 aromatic carbocycles. The topological polar surface area (TPSA) is 78.3 Å². The van der Waals surface area contributed by atoms with Crippen LogP contribution in [0, 0.1) is 0 Å². The van der Waals surface area contributed by atoms with Crippen molar-refractivity contribution in [1.82, 2.24) is 4.90 Å². The number of carbonyl (C=O) groups excluding carboxylic acids is 1. The third kappa shape index (κ3) is 3.31. The Bertz CT molecular complexity index is 317. The van der Waals surface area contributed by atoms with E-state index in [1.807, 2.05) is 27.7 Å². The van der Waals surface area contributed by atoms with Gasteiger partial charge in [0.25, 0.3) is 0 Å². The predicted molar refractivity (Wildman–Crippen MR) is 60.0 cm³/mol. The molecule has 1 saturated heterocycles. The summed E-state index contributed by atoms with van der Waals surface area (Å²) in [5.41, 5.74) is 7.86. The number of likely N-dealkylation sites (tertiary alicyclic amines) is 1. The lowest BCUT2D eigenvalue weighted by Gasteiger charge is -2.26. The maximum absolute atomic E-state index is 11.8. The van der Waals surface area contributed by atoms with E-state index >= 15 is 0 Å². The molecule has 0 unspecified atom stereocenters. The van der Waals surface area contributed by atoms with Gasteiger partial charge in [-0.1, -0.05) is 5.11 Å². The van der Waals surface area contributed by atoms with Crippen LogP contribution in [0.25, 0.3) is 10.4 Å². The SMILES string of the molecule is C[C@@H]1C[C@H](N=[N+]=[N-])CN1C(=O)OC(C)(C)C. The molecule has 90 valence electrons. The van der Waals surface area contributed by atoms with Crippen LogP contribution in [-0.4, -0.2) is 35.2 Å². The Morgan fingerprint density at radius 3 is 2.69 bits per heavy atom. The summed E-state index contributed by atoms with van der Waals surface area (Å²) in [5, 5.41) is 3.63. The molecule has 0 radical (unpaired) electrons. The van der Waals surface area contributed by atoms with Crippen molar-refractivity contribution in [2.75, 3.05) is 6.54 Å². The van der Waals surface area contributed by atoms with Crippen LogP contribution < -0.4 is 0 Å². The Morgan fingerprint density at radius 2 is 2.19 bits per heavy atom. The molecule has 1 amide bonds. The van der Waals surface area contributed by atoms with Crippen LogP contribution in [0.3, 0.4) is 0 Å². The highest BCUT2D eigenvalue weighted by molar-refractivity contribution is 5.69. The van der Waals surface area contributed by atoms with Crippen LogP contribution in [0.5, 0.6) is 0 Å². The minimum Gasteiger partial charge on any atom is -0.444 e. The van der Waals surface area contributed by atoms with Crippen molar-refractivity contribution in [2.45, 2.75) is 51.8 Å². The molecule has 0 N–H and O–H groups in total. The van der Waals surface area contributed by atoms with Gasteiger partial charge in [0.1, 0.15) is 5.60 Å². The first-order chi connectivity index (χ1) is 7.33. The van der Waals surface area contributed by atoms with Gasteiger partial charge in [-0.15, -0.1) is 0 Å². The smallest absolute Gasteiger partial charge is 0.410 e. The molecule has 2 atom stereocenters. The van der Waals surface area contributed by atoms with Crippen LogP contribution in [-0.2, 0) is 4.74 Å². The monoisotopic (exact) mass is 226 g/mol. The van der Waals surface area contributed by atoms with Gasteiger partial charge in [0, 0.05) is 17.5 Å². The lowest BCUT2D eigenvalue weighted by molar-refractivity contribution is 0.0237. The normalized spacial score (nSPS) is 25.1. The first-order valence-electron chi connectivity index (χ1n) is 5.37. The van der Waals surface area contributed by atoms with Gasteiger partial charge in [-0.2, -0.15) is 0 Å². The van der Waals surface area contributed by atoms with E-state index in [0.29, 0.717) is 13.0 Å². The first-order valence-corrected chi connectivity index (χ1v) is 5.37. The van der Waals surface area contributed by atoms with Crippen molar-refractivity contribution in [3.05, 3.63) is 10.4 Å². The maximum atomic E-state index is 11.8. The average Bonchev–Trinajstić information content (AvgIpc) is 2.44. The zero-order valence-corrected chi connectivity index (χ0v) is 10.2. The van der Waals surface area contributed by atoms with Crippen molar-refractivity contribution in [1.29, 1.82) is 0 Å². The van der Waals surface area contributed by atoms with Gasteiger partial charge in [-0.3, -0.25) is 0 Å². The fourth-order valence-electron chi connectivity index (χ4n) is 1.73. The quantitative estimate of drug-likeness (QED) is 0.391. The second-order valence-corrected chi connectivity index (χ2v) is 5.08. The molecular weight excluding hydrogens is 208 g/mol. The highest BCUT2D eigenvalue weighted by atomic mass is 16.6. The molecule has 1 rings (SSSR count). The van der Waals surface area contributed by atoms with E-state index < -0.39 is 5.60 Å². The zero-order chi connectivity index (χ0) is 12.3. The zero-order valence-electron chi connectivity index (χ0n) is 10.2. The number of amides is 1. The Balaban J connectivity index is 2.61. The molecule has 16 heavy (non-hydrogen) atoms. The molecule has 0 aromatic rings. The fraction of sp³-hybridized carbons (Fsp3) is 0.900. The third-order valence-electron chi connectivity index (χ3n) is 2.40. The van der Waals surface area contributed by atoms with E-state index in [9.17, 15) is 4.79 Å². The van der Waals surface area contributed by atoms with Gasteiger partial charge in [0.05, 0.1) is 6.04 Å². The highest BCUT2D eigenvalue weighted by Gasteiger charge is 2.34. The summed E-state index contributed by atoms with van der Waals surface area (Å²) in [6.45, 7) is 7.86. The van der Waals surface area contributed by atoms with Gasteiger partial charge >= 0.3 is 6.09 Å². The van der Waals surface area contributed by atoms with Crippen LogP contribution >= 0.6 is 0 Å². The van der Waals surface area contributed by atoms with Gasteiger partial charge in [-0.25, -0.2) is 4.79 Å². The van der Waals surface area contributed by atoms with Crippen LogP contribution in [0.2, 0.25) is 0 Å². The second kappa shape index (κ2) is 4.61. The standard InChI is InChI=1S/C10H18N4O2/c1-7-5-8(12-13-11)6-14(7)9(15)16-10(2,3)4/h7-8H,5-6H2,1-4H3/t7-,8+/m1/s1. The van der Waals surface area contributed by atoms with Crippen LogP contribution in [0.15, 0.2) is 5.11 Å². The third-order valence-corrected chi connectivity index (χ3v) is 2.40. The number of hydrogen-bond donors (Lipinski definition) is 0. The van der Waals surface area contributed by atoms with E-state index in [1.165, 1.54) is 0 Å². The van der Waals surface area contributed by atoms with E-state index in [4.69, 9.17) is 10.3 Å². The van der Waals surface area contributed by atoms with Gasteiger partial charge in [-0.05, 0) is 39.6 Å². The molecule has 0 aliphatic carbocycles. The summed E-state index contributed by atoms with van der Waals surface area (Å²) in [4.78, 5) is 16.2. The Morgan fingerprint density at radius 1 is 1.56 bits per heavy atom. The molecular formula is C10H18N4O2. The minimum atomic E-state index is -0.493. The van der Waals surface area contributed by atoms with E-state index in [1.54, 1.807) is 4.90 Å². The lowest BCUT2D eigenvalue weighted by atomic mass is 10.2. The van der Waals surface area contributed by atoms with Gasteiger partial charge in [0.15, 0.2) is 0 Å². The van der Waals surface area contributed by atoms with Crippen molar-refractivity contribution >= 4 is 6.09 Å². The largest absolute Gasteiger partial charge is 0.444 e. The number of ether oxygens (including phenoxy) is 1. The van der Waals surface area contributed by atoms with E-state index in [-0.39, 0.29) is 18.2 Å². The lowest BCUT2D eigenvalue weighted by Crippen LogP contribution is -2.39. The number of azide groups is 1. The predicted octanol–water partition coefficient (Wildman–Crippen LogP) is 2.69. The Labute approximate surface area is 95.2 Å². The second-order valence-electron chi connectivity index (χ2n) is 5.08. The summed E-state index contributed by atoms with van der Waals surface area (Å²) in [6, 6.07) is -0.0714. The summed E-state index contributed by atoms with van der Waals surface area (Å²) < 4.78 is 5.27. The summed E-state index contributed by atoms with van der Waals surface area (Å²) >= 11 is 0. The molecule has 0 aromatic heterocycles. The number of hydrogen-bond acceptors (Lipinski definition) is 3. The van der Waals surface area contributed by atoms with E-state index in [0.717, 1.165) is 0 Å². The van der Waals surface area contributed by atoms with Gasteiger partial charge < -0.3 is 9.64 Å². The molecule has 0 spiro atoms. The number of rotatable bonds is 1. The molecule has 1 aliphatic rings. The molecule has 0 saturated carbocycles. The van der Waals surface area contributed by atoms with Gasteiger partial charge in [0.2, 0.25) is 0 Å². The summed E-state index contributed by atoms with van der Waals surface area (Å²) in [5.74, 6) is 0. The van der Waals surface area contributed by atoms with Crippen molar-refractivity contribution < 1.29 is 9.53 Å². The Hall–Kier alpha value is -1.42. The molecule has 6 nitrogen and oxygen atoms in total. The number of nitrogens with zero attached hydrogens (tertiary/aromatic N) is 4. The van der Waals surface area contributed by atoms with Crippen molar-refractivity contribution in [3.8, 4) is 0 Å². The minimum absolute atomic E-state index is 0.0605. The van der Waals surface area contributed by atoms with Crippen molar-refractivity contribution in [2.24, 2.45) is 5.11 Å². The summed E-state index contributed by atoms with van der Waals surface area (Å²) in [6.07, 6.45) is 0.360. The Kier molecular flexibility index (Phi) is 3.65. The van der Waals surface area contributed by atoms with Crippen LogP contribution in [0.4, 0.5) is 4.79 Å². The molecule has 1 aliphatic heterocycles. The highest BCUT2D eigenvalue weighted by Crippen LogP contribution is 2.22. The van der Waals surface area contributed by atoms with Crippen molar-refractivity contribution in [3.63, 3.8) is 0 Å². The van der Waals surface area contributed by atoms with Crippen LogP contribution in [0.1, 0.15) is 34.1 Å². The molecule has 6 heteroatoms. The summed E-state index contributed by atoms with van der Waals surface area (Å²) in [7, 11) is 0.